The molecule has 0 aliphatic heterocycles. The average molecular weight is 235 g/mol. The molecule has 0 radical (unpaired) electrons. The molecule has 0 fully saturated rings. The van der Waals surface area contributed by atoms with Crippen LogP contribution in [0.1, 0.15) is 5.56 Å². The summed E-state index contributed by atoms with van der Waals surface area (Å²) in [6.45, 7) is 1.62. The van der Waals surface area contributed by atoms with E-state index in [1.165, 1.54) is 0 Å². The maximum Gasteiger partial charge on any atom is 0.290 e. The third kappa shape index (κ3) is 5.73. The Kier molecular flexibility index (Phi) is 9.11. The number of benzene rings is 1. The summed E-state index contributed by atoms with van der Waals surface area (Å²) in [7, 11) is 0. The van der Waals surface area contributed by atoms with Crippen LogP contribution in [0.25, 0.3) is 0 Å². The predicted octanol–water partition coefficient (Wildman–Crippen LogP) is 1.98. The highest BCUT2D eigenvalue weighted by atomic mass is 79.9. The summed E-state index contributed by atoms with van der Waals surface area (Å²) in [5.41, 5.74) is 0.924. The number of hydrogen-bond donors (Lipinski definition) is 2. The van der Waals surface area contributed by atoms with Crippen LogP contribution in [-0.4, -0.2) is 16.7 Å². The minimum atomic E-state index is -0.250. The zero-order valence-electron chi connectivity index (χ0n) is 6.60. The lowest BCUT2D eigenvalue weighted by Gasteiger charge is -1.92. The van der Waals surface area contributed by atoms with Crippen molar-refractivity contribution in [3.63, 3.8) is 0 Å². The highest BCUT2D eigenvalue weighted by molar-refractivity contribution is 8.93. The fourth-order valence-electron chi connectivity index (χ4n) is 0.563. The Balaban J connectivity index is 0. The van der Waals surface area contributed by atoms with Crippen LogP contribution in [-0.2, 0) is 4.79 Å². The molecule has 0 atom stereocenters. The van der Waals surface area contributed by atoms with E-state index < -0.39 is 0 Å². The first-order valence-corrected chi connectivity index (χ1v) is 3.04. The Morgan fingerprint density at radius 3 is 2.00 bits per heavy atom. The molecule has 0 saturated carbocycles. The molecule has 0 bridgehead atoms. The SMILES string of the molecule is Br.Cc1ccccc1O.O=CO. The molecular formula is C8H11BrO3. The van der Waals surface area contributed by atoms with E-state index >= 15 is 0 Å². The van der Waals surface area contributed by atoms with Crippen molar-refractivity contribution in [3.05, 3.63) is 29.8 Å². The highest BCUT2D eigenvalue weighted by Crippen LogP contribution is 2.12. The fraction of sp³-hybridized carbons (Fsp3) is 0.125. The number of aromatic hydroxyl groups is 1. The minimum absolute atomic E-state index is 0. The van der Waals surface area contributed by atoms with Gasteiger partial charge in [0.25, 0.3) is 6.47 Å². The third-order valence-corrected chi connectivity index (χ3v) is 1.12. The van der Waals surface area contributed by atoms with Gasteiger partial charge in [0.05, 0.1) is 0 Å². The van der Waals surface area contributed by atoms with Gasteiger partial charge >= 0.3 is 0 Å². The summed E-state index contributed by atoms with van der Waals surface area (Å²) in [6.07, 6.45) is 0. The first-order chi connectivity index (χ1) is 5.22. The van der Waals surface area contributed by atoms with Crippen LogP contribution in [0, 0.1) is 6.92 Å². The molecule has 1 aromatic carbocycles. The van der Waals surface area contributed by atoms with Crippen molar-refractivity contribution in [2.24, 2.45) is 0 Å². The molecule has 1 rings (SSSR count). The van der Waals surface area contributed by atoms with Gasteiger partial charge in [0.2, 0.25) is 0 Å². The van der Waals surface area contributed by atoms with Crippen LogP contribution in [0.2, 0.25) is 0 Å². The van der Waals surface area contributed by atoms with Crippen molar-refractivity contribution in [1.82, 2.24) is 0 Å². The number of aryl methyl sites for hydroxylation is 1. The van der Waals surface area contributed by atoms with E-state index in [4.69, 9.17) is 15.0 Å². The zero-order valence-corrected chi connectivity index (χ0v) is 8.31. The number of hydrogen-bond acceptors (Lipinski definition) is 2. The van der Waals surface area contributed by atoms with E-state index in [1.54, 1.807) is 6.07 Å². The lowest BCUT2D eigenvalue weighted by Crippen LogP contribution is -1.68. The lowest BCUT2D eigenvalue weighted by atomic mass is 10.2. The van der Waals surface area contributed by atoms with Gasteiger partial charge in [-0.05, 0) is 18.6 Å². The molecule has 2 N–H and O–H groups in total. The molecule has 0 spiro atoms. The number of rotatable bonds is 0. The summed E-state index contributed by atoms with van der Waals surface area (Å²) >= 11 is 0. The van der Waals surface area contributed by atoms with Crippen molar-refractivity contribution in [1.29, 1.82) is 0 Å². The summed E-state index contributed by atoms with van der Waals surface area (Å²) < 4.78 is 0. The quantitative estimate of drug-likeness (QED) is 0.676. The molecule has 0 heterocycles. The predicted molar refractivity (Wildman–Crippen MR) is 51.9 cm³/mol. The van der Waals surface area contributed by atoms with Crippen LogP contribution in [0.5, 0.6) is 5.75 Å². The molecule has 4 heteroatoms. The Labute approximate surface area is 81.4 Å². The van der Waals surface area contributed by atoms with Gasteiger partial charge in [0, 0.05) is 0 Å². The van der Waals surface area contributed by atoms with Crippen LogP contribution in [0.4, 0.5) is 0 Å². The second-order valence-corrected chi connectivity index (χ2v) is 1.89. The number of carboxylic acid groups (broad SMARTS) is 1. The van der Waals surface area contributed by atoms with Crippen molar-refractivity contribution in [2.75, 3.05) is 0 Å². The lowest BCUT2D eigenvalue weighted by molar-refractivity contribution is -0.122. The molecule has 12 heavy (non-hydrogen) atoms. The van der Waals surface area contributed by atoms with Gasteiger partial charge in [-0.15, -0.1) is 17.0 Å². The van der Waals surface area contributed by atoms with Gasteiger partial charge < -0.3 is 10.2 Å². The monoisotopic (exact) mass is 234 g/mol. The molecule has 0 aliphatic rings. The molecule has 0 aliphatic carbocycles. The van der Waals surface area contributed by atoms with E-state index in [1.807, 2.05) is 25.1 Å². The van der Waals surface area contributed by atoms with E-state index in [-0.39, 0.29) is 23.5 Å². The number of phenols is 1. The molecule has 3 nitrogen and oxygen atoms in total. The number of phenolic OH excluding ortho intramolecular Hbond substituents is 1. The van der Waals surface area contributed by atoms with E-state index in [2.05, 4.69) is 0 Å². The molecule has 0 unspecified atom stereocenters. The Bertz CT molecular complexity index is 204. The Morgan fingerprint density at radius 1 is 1.33 bits per heavy atom. The molecule has 0 aromatic heterocycles. The standard InChI is InChI=1S/C7H8O.CH2O2.BrH/c1-6-4-2-3-5-7(6)8;2-1-3;/h2-5,8H,1H3;1H,(H,2,3);1H. The average Bonchev–Trinajstić information content (AvgIpc) is 1.97. The van der Waals surface area contributed by atoms with Gasteiger partial charge in [-0.2, -0.15) is 0 Å². The van der Waals surface area contributed by atoms with E-state index in [0.29, 0.717) is 5.75 Å². The number of para-hydroxylation sites is 1. The van der Waals surface area contributed by atoms with Crippen LogP contribution >= 0.6 is 17.0 Å². The summed E-state index contributed by atoms with van der Waals surface area (Å²) in [5, 5.41) is 15.8. The van der Waals surface area contributed by atoms with Gasteiger partial charge in [-0.1, -0.05) is 18.2 Å². The summed E-state index contributed by atoms with van der Waals surface area (Å²) in [5.74, 6) is 0.368. The normalized spacial score (nSPS) is 7.08. The molecule has 0 saturated heterocycles. The number of carbonyl (C=O) groups is 1. The zero-order chi connectivity index (χ0) is 8.69. The number of halogens is 1. The largest absolute Gasteiger partial charge is 0.508 e. The summed E-state index contributed by atoms with van der Waals surface area (Å²) in [4.78, 5) is 8.36. The third-order valence-electron chi connectivity index (χ3n) is 1.12. The maximum atomic E-state index is 8.92. The smallest absolute Gasteiger partial charge is 0.290 e. The first kappa shape index (κ1) is 13.6. The second-order valence-electron chi connectivity index (χ2n) is 1.89. The molecule has 1 aromatic rings. The molecule has 68 valence electrons. The summed E-state index contributed by atoms with van der Waals surface area (Å²) in [6, 6.07) is 7.25. The van der Waals surface area contributed by atoms with Crippen molar-refractivity contribution >= 4 is 23.5 Å². The van der Waals surface area contributed by atoms with Crippen molar-refractivity contribution < 1.29 is 15.0 Å². The highest BCUT2D eigenvalue weighted by Gasteiger charge is 1.86. The van der Waals surface area contributed by atoms with Gasteiger partial charge in [0.1, 0.15) is 5.75 Å². The van der Waals surface area contributed by atoms with Gasteiger partial charge in [-0.3, -0.25) is 4.79 Å². The Morgan fingerprint density at radius 2 is 1.75 bits per heavy atom. The van der Waals surface area contributed by atoms with Crippen LogP contribution < -0.4 is 0 Å². The maximum absolute atomic E-state index is 8.92. The molecular weight excluding hydrogens is 224 g/mol. The first-order valence-electron chi connectivity index (χ1n) is 3.04. The second kappa shape index (κ2) is 8.07. The van der Waals surface area contributed by atoms with E-state index in [9.17, 15) is 0 Å². The van der Waals surface area contributed by atoms with Crippen LogP contribution in [0.3, 0.4) is 0 Å². The topological polar surface area (TPSA) is 57.5 Å². The minimum Gasteiger partial charge on any atom is -0.508 e. The van der Waals surface area contributed by atoms with Crippen LogP contribution in [0.15, 0.2) is 24.3 Å². The van der Waals surface area contributed by atoms with Crippen molar-refractivity contribution in [3.8, 4) is 5.75 Å². The van der Waals surface area contributed by atoms with Gasteiger partial charge in [0.15, 0.2) is 0 Å². The molecule has 0 amide bonds. The Hall–Kier alpha value is -1.03. The van der Waals surface area contributed by atoms with Gasteiger partial charge in [-0.25, -0.2) is 0 Å². The van der Waals surface area contributed by atoms with Crippen molar-refractivity contribution in [2.45, 2.75) is 6.92 Å². The van der Waals surface area contributed by atoms with E-state index in [0.717, 1.165) is 5.56 Å². The fourth-order valence-corrected chi connectivity index (χ4v) is 0.563.